The summed E-state index contributed by atoms with van der Waals surface area (Å²) >= 11 is 0. The van der Waals surface area contributed by atoms with E-state index in [1.807, 2.05) is 6.07 Å². The van der Waals surface area contributed by atoms with Crippen LogP contribution in [0.1, 0.15) is 28.9 Å². The zero-order valence-corrected chi connectivity index (χ0v) is 21.1. The number of nitrogens with zero attached hydrogens (tertiary/aromatic N) is 3. The van der Waals surface area contributed by atoms with Crippen LogP contribution in [0.4, 0.5) is 13.2 Å². The van der Waals surface area contributed by atoms with Crippen molar-refractivity contribution in [2.24, 2.45) is 4.99 Å². The molecule has 0 spiro atoms. The number of aromatic nitrogens is 2. The average molecular weight is 569 g/mol. The van der Waals surface area contributed by atoms with Gasteiger partial charge in [0, 0.05) is 39.5 Å². The Morgan fingerprint density at radius 1 is 1.12 bits per heavy atom. The van der Waals surface area contributed by atoms with Crippen molar-refractivity contribution in [3.63, 3.8) is 0 Å². The number of aryl methyl sites for hydroxylation is 2. The summed E-state index contributed by atoms with van der Waals surface area (Å²) in [7, 11) is 3.18. The Balaban J connectivity index is 0.00000512. The van der Waals surface area contributed by atoms with Crippen LogP contribution in [-0.2, 0) is 22.2 Å². The molecule has 0 aliphatic rings. The van der Waals surface area contributed by atoms with Gasteiger partial charge < -0.3 is 20.1 Å². The summed E-state index contributed by atoms with van der Waals surface area (Å²) in [5.74, 6) is 0.424. The van der Waals surface area contributed by atoms with Gasteiger partial charge in [0.2, 0.25) is 0 Å². The van der Waals surface area contributed by atoms with Gasteiger partial charge in [-0.2, -0.15) is 18.3 Å². The van der Waals surface area contributed by atoms with Crippen molar-refractivity contribution < 1.29 is 22.6 Å². The first-order chi connectivity index (χ1) is 14.8. The van der Waals surface area contributed by atoms with Gasteiger partial charge >= 0.3 is 6.18 Å². The van der Waals surface area contributed by atoms with Crippen LogP contribution in [0.15, 0.2) is 29.3 Å². The summed E-state index contributed by atoms with van der Waals surface area (Å²) in [5.41, 5.74) is 1.32. The number of guanidine groups is 1. The highest BCUT2D eigenvalue weighted by atomic mass is 127. The molecule has 180 valence electrons. The van der Waals surface area contributed by atoms with E-state index in [4.69, 9.17) is 9.47 Å². The molecule has 1 aromatic carbocycles. The van der Waals surface area contributed by atoms with Crippen molar-refractivity contribution in [2.75, 3.05) is 40.5 Å². The first kappa shape index (κ1) is 28.2. The predicted molar refractivity (Wildman–Crippen MR) is 129 cm³/mol. The number of rotatable bonds is 10. The number of hydrogen-bond donors (Lipinski definition) is 2. The fourth-order valence-electron chi connectivity index (χ4n) is 3.03. The molecule has 2 aromatic rings. The van der Waals surface area contributed by atoms with Gasteiger partial charge in [0.25, 0.3) is 0 Å². The Hall–Kier alpha value is -1.86. The number of methoxy groups -OCH3 is 1. The Kier molecular flexibility index (Phi) is 12.0. The molecule has 0 bridgehead atoms. The second-order valence-corrected chi connectivity index (χ2v) is 6.99. The van der Waals surface area contributed by atoms with Crippen LogP contribution in [0.2, 0.25) is 0 Å². The van der Waals surface area contributed by atoms with Crippen molar-refractivity contribution in [1.29, 1.82) is 0 Å². The molecule has 0 aliphatic carbocycles. The molecule has 11 heteroatoms. The van der Waals surface area contributed by atoms with E-state index in [0.29, 0.717) is 38.0 Å². The van der Waals surface area contributed by atoms with Gasteiger partial charge in [0.15, 0.2) is 5.96 Å². The number of benzene rings is 1. The third-order valence-electron chi connectivity index (χ3n) is 4.51. The molecule has 1 heterocycles. The van der Waals surface area contributed by atoms with E-state index in [9.17, 15) is 13.2 Å². The van der Waals surface area contributed by atoms with Gasteiger partial charge in [0.05, 0.1) is 30.2 Å². The van der Waals surface area contributed by atoms with E-state index in [0.717, 1.165) is 23.9 Å². The largest absolute Gasteiger partial charge is 0.416 e. The summed E-state index contributed by atoms with van der Waals surface area (Å²) < 4.78 is 52.9. The molecular weight excluding hydrogens is 538 g/mol. The third-order valence-corrected chi connectivity index (χ3v) is 4.51. The topological polar surface area (TPSA) is 72.7 Å². The maximum absolute atomic E-state index is 13.7. The number of ether oxygens (including phenoxy) is 2. The second kappa shape index (κ2) is 13.6. The molecule has 32 heavy (non-hydrogen) atoms. The summed E-state index contributed by atoms with van der Waals surface area (Å²) in [6.07, 6.45) is -3.75. The number of halogens is 4. The first-order valence-corrected chi connectivity index (χ1v) is 10.0. The molecule has 0 atom stereocenters. The number of aliphatic imine (C=N–C) groups is 1. The Morgan fingerprint density at radius 2 is 1.88 bits per heavy atom. The molecule has 0 unspecified atom stereocenters. The molecule has 0 amide bonds. The predicted octanol–water partition coefficient (Wildman–Crippen LogP) is 3.84. The monoisotopic (exact) mass is 569 g/mol. The van der Waals surface area contributed by atoms with E-state index in [1.54, 1.807) is 34.1 Å². The zero-order chi connectivity index (χ0) is 22.9. The van der Waals surface area contributed by atoms with Gasteiger partial charge in [-0.3, -0.25) is 4.99 Å². The van der Waals surface area contributed by atoms with Gasteiger partial charge in [0.1, 0.15) is 0 Å². The van der Waals surface area contributed by atoms with E-state index in [2.05, 4.69) is 20.7 Å². The zero-order valence-electron chi connectivity index (χ0n) is 18.8. The molecule has 0 saturated heterocycles. The smallest absolute Gasteiger partial charge is 0.382 e. The van der Waals surface area contributed by atoms with E-state index < -0.39 is 11.7 Å². The summed E-state index contributed by atoms with van der Waals surface area (Å²) in [6, 6.07) is 6.06. The van der Waals surface area contributed by atoms with Crippen molar-refractivity contribution in [3.05, 3.63) is 46.8 Å². The highest BCUT2D eigenvalue weighted by Gasteiger charge is 2.33. The lowest BCUT2D eigenvalue weighted by Crippen LogP contribution is -2.38. The third kappa shape index (κ3) is 8.58. The molecule has 0 radical (unpaired) electrons. The number of alkyl halides is 3. The van der Waals surface area contributed by atoms with Crippen molar-refractivity contribution in [1.82, 2.24) is 20.4 Å². The molecule has 2 rings (SSSR count). The van der Waals surface area contributed by atoms with Crippen LogP contribution in [-0.4, -0.2) is 56.3 Å². The highest BCUT2D eigenvalue weighted by Crippen LogP contribution is 2.33. The molecule has 7 nitrogen and oxygen atoms in total. The molecule has 1 aromatic heterocycles. The van der Waals surface area contributed by atoms with Crippen LogP contribution in [0.3, 0.4) is 0 Å². The van der Waals surface area contributed by atoms with Crippen LogP contribution in [0.25, 0.3) is 5.69 Å². The summed E-state index contributed by atoms with van der Waals surface area (Å²) in [5, 5.41) is 10.3. The Morgan fingerprint density at radius 3 is 2.47 bits per heavy atom. The maximum atomic E-state index is 13.7. The highest BCUT2D eigenvalue weighted by molar-refractivity contribution is 14.0. The van der Waals surface area contributed by atoms with Gasteiger partial charge in [-0.25, -0.2) is 4.68 Å². The van der Waals surface area contributed by atoms with Gasteiger partial charge in [-0.15, -0.1) is 24.0 Å². The minimum atomic E-state index is -4.49. The van der Waals surface area contributed by atoms with Gasteiger partial charge in [-0.1, -0.05) is 6.07 Å². The lowest BCUT2D eigenvalue weighted by molar-refractivity contribution is -0.138. The van der Waals surface area contributed by atoms with Gasteiger partial charge in [-0.05, 0) is 44.0 Å². The molecule has 0 saturated carbocycles. The Labute approximate surface area is 203 Å². The lowest BCUT2D eigenvalue weighted by Gasteiger charge is -2.17. The molecule has 2 N–H and O–H groups in total. The van der Waals surface area contributed by atoms with Crippen LogP contribution < -0.4 is 10.6 Å². The SMILES string of the molecule is CN=C(NCCCOCCOC)NCc1ccc(-n2nc(C)cc2C)cc1C(F)(F)F.I. The average Bonchev–Trinajstić information content (AvgIpc) is 3.06. The van der Waals surface area contributed by atoms with Crippen LogP contribution in [0, 0.1) is 13.8 Å². The van der Waals surface area contributed by atoms with Crippen molar-refractivity contribution in [2.45, 2.75) is 33.0 Å². The van der Waals surface area contributed by atoms with Crippen molar-refractivity contribution >= 4 is 29.9 Å². The number of hydrogen-bond acceptors (Lipinski definition) is 4. The normalized spacial score (nSPS) is 11.9. The molecule has 0 fully saturated rings. The summed E-state index contributed by atoms with van der Waals surface area (Å²) in [6.45, 7) is 5.79. The minimum absolute atomic E-state index is 0. The minimum Gasteiger partial charge on any atom is -0.382 e. The first-order valence-electron chi connectivity index (χ1n) is 10.0. The van der Waals surface area contributed by atoms with Crippen LogP contribution in [0.5, 0.6) is 0 Å². The fourth-order valence-corrected chi connectivity index (χ4v) is 3.03. The number of nitrogens with one attached hydrogen (secondary N) is 2. The quantitative estimate of drug-likeness (QED) is 0.197. The van der Waals surface area contributed by atoms with Crippen molar-refractivity contribution in [3.8, 4) is 5.69 Å². The fraction of sp³-hybridized carbons (Fsp3) is 0.524. The second-order valence-electron chi connectivity index (χ2n) is 6.99. The standard InChI is InChI=1S/C21H30F3N5O2.HI/c1-15-12-16(2)29(28-15)18-7-6-17(19(13-18)21(22,23)24)14-27-20(25-3)26-8-5-9-31-11-10-30-4;/h6-7,12-13H,5,8-11,14H2,1-4H3,(H2,25,26,27);1H. The molecule has 0 aliphatic heterocycles. The lowest BCUT2D eigenvalue weighted by atomic mass is 10.1. The Bertz CT molecular complexity index is 872. The maximum Gasteiger partial charge on any atom is 0.416 e. The van der Waals surface area contributed by atoms with E-state index in [1.165, 1.54) is 10.7 Å². The van der Waals surface area contributed by atoms with E-state index in [-0.39, 0.29) is 36.1 Å². The van der Waals surface area contributed by atoms with E-state index >= 15 is 0 Å². The summed E-state index contributed by atoms with van der Waals surface area (Å²) in [4.78, 5) is 4.06. The molecular formula is C21H31F3IN5O2. The van der Waals surface area contributed by atoms with Crippen LogP contribution >= 0.6 is 24.0 Å².